The Balaban J connectivity index is 2.20. The number of hydrogen-bond acceptors (Lipinski definition) is 4. The van der Waals surface area contributed by atoms with E-state index in [1.807, 2.05) is 36.4 Å². The van der Waals surface area contributed by atoms with Crippen molar-refractivity contribution in [3.63, 3.8) is 0 Å². The van der Waals surface area contributed by atoms with Gasteiger partial charge in [0.25, 0.3) is 0 Å². The van der Waals surface area contributed by atoms with Crippen LogP contribution in [0.4, 0.5) is 0 Å². The number of nitrogens with zero attached hydrogens (tertiary/aromatic N) is 3. The highest BCUT2D eigenvalue weighted by molar-refractivity contribution is 5.96. The van der Waals surface area contributed by atoms with Crippen molar-refractivity contribution in [2.24, 2.45) is 5.18 Å². The first-order chi connectivity index (χ1) is 11.8. The van der Waals surface area contributed by atoms with Gasteiger partial charge in [0, 0.05) is 29.5 Å². The fourth-order valence-electron chi connectivity index (χ4n) is 2.55. The Morgan fingerprint density at radius 2 is 1.92 bits per heavy atom. The summed E-state index contributed by atoms with van der Waals surface area (Å²) in [5.41, 5.74) is 4.63. The summed E-state index contributed by atoms with van der Waals surface area (Å²) >= 11 is 0. The summed E-state index contributed by atoms with van der Waals surface area (Å²) in [7, 11) is 0. The van der Waals surface area contributed by atoms with Crippen LogP contribution in [0.5, 0.6) is 0 Å². The first-order valence-electron chi connectivity index (χ1n) is 7.45. The lowest BCUT2D eigenvalue weighted by Crippen LogP contribution is -1.88. The molecule has 0 unspecified atom stereocenters. The summed E-state index contributed by atoms with van der Waals surface area (Å²) in [6.45, 7) is 3.65. The molecule has 1 aromatic carbocycles. The van der Waals surface area contributed by atoms with Gasteiger partial charge in [-0.2, -0.15) is 0 Å². The Morgan fingerprint density at radius 3 is 2.67 bits per heavy atom. The molecule has 2 heterocycles. The Morgan fingerprint density at radius 1 is 1.08 bits per heavy atom. The van der Waals surface area contributed by atoms with Crippen molar-refractivity contribution in [2.75, 3.05) is 0 Å². The van der Waals surface area contributed by atoms with E-state index in [1.165, 1.54) is 6.20 Å². The minimum atomic E-state index is 0.719. The monoisotopic (exact) mass is 313 g/mol. The van der Waals surface area contributed by atoms with Gasteiger partial charge in [0.2, 0.25) is 0 Å². The summed E-state index contributed by atoms with van der Waals surface area (Å²) in [6, 6.07) is 11.8. The summed E-state index contributed by atoms with van der Waals surface area (Å²) < 4.78 is 0. The van der Waals surface area contributed by atoms with Crippen LogP contribution < -0.4 is 0 Å². The molecule has 0 fully saturated rings. The van der Waals surface area contributed by atoms with Crippen LogP contribution in [0, 0.1) is 4.91 Å². The van der Waals surface area contributed by atoms with Crippen molar-refractivity contribution in [2.45, 2.75) is 0 Å². The normalized spacial score (nSPS) is 11.8. The second kappa shape index (κ2) is 7.24. The molecule has 0 saturated carbocycles. The van der Waals surface area contributed by atoms with E-state index in [9.17, 15) is 4.91 Å². The standard InChI is InChI=1S/C20H15N3O/c1-2-3-4-17(14-23-24)16-5-6-20-19(13-16)18(9-12-22-20)15-7-10-21-11-8-15/h2-14H,1H2/b4-3-,17-14+. The van der Waals surface area contributed by atoms with Crippen molar-refractivity contribution in [3.8, 4) is 11.1 Å². The molecule has 116 valence electrons. The fourth-order valence-corrected chi connectivity index (χ4v) is 2.55. The molecule has 0 aliphatic heterocycles. The highest BCUT2D eigenvalue weighted by Gasteiger charge is 2.07. The molecule has 3 rings (SSSR count). The molecule has 0 spiro atoms. The van der Waals surface area contributed by atoms with E-state index in [4.69, 9.17) is 0 Å². The van der Waals surface area contributed by atoms with Crippen LogP contribution in [0.2, 0.25) is 0 Å². The molecule has 0 amide bonds. The van der Waals surface area contributed by atoms with Crippen LogP contribution >= 0.6 is 0 Å². The minimum Gasteiger partial charge on any atom is -0.265 e. The molecular formula is C20H15N3O. The average Bonchev–Trinajstić information content (AvgIpc) is 2.65. The highest BCUT2D eigenvalue weighted by atomic mass is 16.2. The van der Waals surface area contributed by atoms with Gasteiger partial charge in [0.05, 0.1) is 11.7 Å². The summed E-state index contributed by atoms with van der Waals surface area (Å²) in [5.74, 6) is 0. The zero-order valence-corrected chi connectivity index (χ0v) is 13.0. The molecule has 3 aromatic rings. The number of benzene rings is 1. The van der Waals surface area contributed by atoms with E-state index in [-0.39, 0.29) is 0 Å². The summed E-state index contributed by atoms with van der Waals surface area (Å²) in [6.07, 6.45) is 11.8. The number of allylic oxidation sites excluding steroid dienone is 4. The Bertz CT molecular complexity index is 944. The van der Waals surface area contributed by atoms with Gasteiger partial charge >= 0.3 is 0 Å². The molecule has 0 aliphatic rings. The third-order valence-corrected chi connectivity index (χ3v) is 3.67. The smallest absolute Gasteiger partial charge is 0.0793 e. The number of rotatable bonds is 5. The Kier molecular flexibility index (Phi) is 4.68. The summed E-state index contributed by atoms with van der Waals surface area (Å²) in [5, 5.41) is 3.91. The Labute approximate surface area is 139 Å². The second-order valence-corrected chi connectivity index (χ2v) is 5.11. The van der Waals surface area contributed by atoms with Crippen LogP contribution in [0.25, 0.3) is 27.6 Å². The average molecular weight is 313 g/mol. The first-order valence-corrected chi connectivity index (χ1v) is 7.45. The van der Waals surface area contributed by atoms with Gasteiger partial charge in [-0.3, -0.25) is 9.97 Å². The molecule has 0 aliphatic carbocycles. The SMILES string of the molecule is C=C/C=C\C(=C/N=O)c1ccc2nccc(-c3ccncc3)c2c1. The maximum absolute atomic E-state index is 10.7. The van der Waals surface area contributed by atoms with Gasteiger partial charge in [-0.1, -0.05) is 30.9 Å². The molecular weight excluding hydrogens is 298 g/mol. The molecule has 0 atom stereocenters. The van der Waals surface area contributed by atoms with E-state index in [0.29, 0.717) is 0 Å². The molecule has 0 saturated heterocycles. The number of aromatic nitrogens is 2. The molecule has 0 N–H and O–H groups in total. The van der Waals surface area contributed by atoms with Crippen LogP contribution in [0.15, 0.2) is 91.2 Å². The summed E-state index contributed by atoms with van der Waals surface area (Å²) in [4.78, 5) is 19.2. The van der Waals surface area contributed by atoms with Crippen LogP contribution in [0.3, 0.4) is 0 Å². The van der Waals surface area contributed by atoms with Crippen molar-refractivity contribution < 1.29 is 0 Å². The maximum Gasteiger partial charge on any atom is 0.0793 e. The van der Waals surface area contributed by atoms with Crippen LogP contribution in [0.1, 0.15) is 5.56 Å². The number of nitroso groups, excluding NO2 is 1. The highest BCUT2D eigenvalue weighted by Crippen LogP contribution is 2.29. The van der Waals surface area contributed by atoms with Crippen LogP contribution in [-0.4, -0.2) is 9.97 Å². The topological polar surface area (TPSA) is 55.2 Å². The number of pyridine rings is 2. The number of hydrogen-bond donors (Lipinski definition) is 0. The fraction of sp³-hybridized carbons (Fsp3) is 0. The molecule has 4 heteroatoms. The van der Waals surface area contributed by atoms with E-state index < -0.39 is 0 Å². The maximum atomic E-state index is 10.7. The molecule has 4 nitrogen and oxygen atoms in total. The first kappa shape index (κ1) is 15.5. The van der Waals surface area contributed by atoms with Crippen molar-refractivity contribution in [1.82, 2.24) is 9.97 Å². The molecule has 24 heavy (non-hydrogen) atoms. The second-order valence-electron chi connectivity index (χ2n) is 5.11. The van der Waals surface area contributed by atoms with E-state index >= 15 is 0 Å². The van der Waals surface area contributed by atoms with Gasteiger partial charge in [0.1, 0.15) is 0 Å². The zero-order valence-electron chi connectivity index (χ0n) is 13.0. The van der Waals surface area contributed by atoms with Crippen molar-refractivity contribution in [1.29, 1.82) is 0 Å². The molecule has 0 radical (unpaired) electrons. The van der Waals surface area contributed by atoms with E-state index in [2.05, 4.69) is 21.7 Å². The number of fused-ring (bicyclic) bond motifs is 1. The minimum absolute atomic E-state index is 0.719. The van der Waals surface area contributed by atoms with Crippen molar-refractivity contribution >= 4 is 16.5 Å². The van der Waals surface area contributed by atoms with Crippen LogP contribution in [-0.2, 0) is 0 Å². The van der Waals surface area contributed by atoms with Crippen molar-refractivity contribution in [3.05, 3.63) is 96.5 Å². The predicted molar refractivity (Wildman–Crippen MR) is 98.1 cm³/mol. The zero-order chi connectivity index (χ0) is 16.8. The Hall–Kier alpha value is -3.40. The predicted octanol–water partition coefficient (Wildman–Crippen LogP) is 5.15. The van der Waals surface area contributed by atoms with Gasteiger partial charge in [-0.05, 0) is 52.2 Å². The molecule has 2 aromatic heterocycles. The van der Waals surface area contributed by atoms with Gasteiger partial charge in [0.15, 0.2) is 0 Å². The third-order valence-electron chi connectivity index (χ3n) is 3.67. The van der Waals surface area contributed by atoms with Gasteiger partial charge in [-0.25, -0.2) is 0 Å². The van der Waals surface area contributed by atoms with Gasteiger partial charge in [-0.15, -0.1) is 4.91 Å². The molecule has 0 bridgehead atoms. The lowest BCUT2D eigenvalue weighted by Gasteiger charge is -2.08. The largest absolute Gasteiger partial charge is 0.265 e. The lowest BCUT2D eigenvalue weighted by molar-refractivity contribution is 1.33. The lowest BCUT2D eigenvalue weighted by atomic mass is 9.98. The van der Waals surface area contributed by atoms with Gasteiger partial charge < -0.3 is 0 Å². The van der Waals surface area contributed by atoms with E-state index in [0.717, 1.165) is 33.2 Å². The quantitative estimate of drug-likeness (QED) is 0.483. The third kappa shape index (κ3) is 3.17. The van der Waals surface area contributed by atoms with E-state index in [1.54, 1.807) is 36.8 Å².